The van der Waals surface area contributed by atoms with Crippen LogP contribution in [0.25, 0.3) is 0 Å². The fourth-order valence-corrected chi connectivity index (χ4v) is 3.96. The SMILES string of the molecule is CCc1ccc(NC(=O)CN2CCc3cc(OC)c(OC)cc3[C@@H]2CC(=O)OC)cc1. The number of nitrogens with one attached hydrogen (secondary N) is 1. The number of rotatable bonds is 8. The average Bonchev–Trinajstić information content (AvgIpc) is 2.79. The van der Waals surface area contributed by atoms with E-state index in [-0.39, 0.29) is 30.9 Å². The summed E-state index contributed by atoms with van der Waals surface area (Å²) in [5, 5.41) is 2.95. The first-order chi connectivity index (χ1) is 15.0. The molecule has 0 unspecified atom stereocenters. The second-order valence-corrected chi connectivity index (χ2v) is 7.52. The summed E-state index contributed by atoms with van der Waals surface area (Å²) in [5.74, 6) is 0.800. The molecule has 1 heterocycles. The van der Waals surface area contributed by atoms with Crippen LogP contribution in [0, 0.1) is 0 Å². The van der Waals surface area contributed by atoms with Gasteiger partial charge in [0.25, 0.3) is 0 Å². The molecular formula is C24H30N2O5. The number of carbonyl (C=O) groups excluding carboxylic acids is 2. The lowest BCUT2D eigenvalue weighted by Gasteiger charge is -2.36. The van der Waals surface area contributed by atoms with Crippen molar-refractivity contribution in [3.63, 3.8) is 0 Å². The number of amides is 1. The third kappa shape index (κ3) is 5.35. The van der Waals surface area contributed by atoms with Crippen LogP contribution in [0.5, 0.6) is 11.5 Å². The summed E-state index contributed by atoms with van der Waals surface area (Å²) in [5.41, 5.74) is 4.01. The van der Waals surface area contributed by atoms with Crippen LogP contribution in [0.15, 0.2) is 36.4 Å². The Hall–Kier alpha value is -3.06. The Morgan fingerprint density at radius 2 is 1.74 bits per heavy atom. The normalized spacial score (nSPS) is 15.7. The Labute approximate surface area is 183 Å². The highest BCUT2D eigenvalue weighted by molar-refractivity contribution is 5.92. The number of ether oxygens (including phenoxy) is 3. The maximum Gasteiger partial charge on any atom is 0.307 e. The number of methoxy groups -OCH3 is 3. The minimum Gasteiger partial charge on any atom is -0.493 e. The Balaban J connectivity index is 1.81. The maximum atomic E-state index is 12.8. The fourth-order valence-electron chi connectivity index (χ4n) is 3.96. The monoisotopic (exact) mass is 426 g/mol. The Bertz CT molecular complexity index is 926. The summed E-state index contributed by atoms with van der Waals surface area (Å²) in [6.07, 6.45) is 1.84. The summed E-state index contributed by atoms with van der Waals surface area (Å²) in [4.78, 5) is 26.9. The van der Waals surface area contributed by atoms with Crippen LogP contribution < -0.4 is 14.8 Å². The van der Waals surface area contributed by atoms with Gasteiger partial charge in [0.2, 0.25) is 5.91 Å². The van der Waals surface area contributed by atoms with E-state index in [0.717, 1.165) is 29.7 Å². The highest BCUT2D eigenvalue weighted by Crippen LogP contribution is 2.39. The lowest BCUT2D eigenvalue weighted by atomic mass is 9.90. The van der Waals surface area contributed by atoms with Gasteiger partial charge < -0.3 is 19.5 Å². The second kappa shape index (κ2) is 10.3. The molecule has 0 saturated carbocycles. The zero-order chi connectivity index (χ0) is 22.4. The van der Waals surface area contributed by atoms with Gasteiger partial charge in [-0.2, -0.15) is 0 Å². The van der Waals surface area contributed by atoms with E-state index in [1.807, 2.05) is 41.3 Å². The first-order valence-corrected chi connectivity index (χ1v) is 10.4. The minimum atomic E-state index is -0.326. The number of aryl methyl sites for hydroxylation is 1. The van der Waals surface area contributed by atoms with E-state index >= 15 is 0 Å². The zero-order valence-corrected chi connectivity index (χ0v) is 18.6. The van der Waals surface area contributed by atoms with E-state index in [1.165, 1.54) is 12.7 Å². The number of esters is 1. The molecule has 1 aliphatic rings. The van der Waals surface area contributed by atoms with Gasteiger partial charge in [-0.15, -0.1) is 0 Å². The Morgan fingerprint density at radius 1 is 1.06 bits per heavy atom. The van der Waals surface area contributed by atoms with Crippen molar-refractivity contribution >= 4 is 17.6 Å². The summed E-state index contributed by atoms with van der Waals surface area (Å²) < 4.78 is 15.8. The molecule has 166 valence electrons. The zero-order valence-electron chi connectivity index (χ0n) is 18.6. The highest BCUT2D eigenvalue weighted by Gasteiger charge is 2.32. The fraction of sp³-hybridized carbons (Fsp3) is 0.417. The van der Waals surface area contributed by atoms with E-state index in [0.29, 0.717) is 18.0 Å². The van der Waals surface area contributed by atoms with Crippen molar-refractivity contribution in [3.8, 4) is 11.5 Å². The van der Waals surface area contributed by atoms with Gasteiger partial charge in [-0.05, 0) is 53.8 Å². The summed E-state index contributed by atoms with van der Waals surface area (Å²) in [6, 6.07) is 11.4. The van der Waals surface area contributed by atoms with Crippen LogP contribution in [0.3, 0.4) is 0 Å². The Morgan fingerprint density at radius 3 is 2.35 bits per heavy atom. The smallest absolute Gasteiger partial charge is 0.307 e. The van der Waals surface area contributed by atoms with Crippen LogP contribution in [-0.4, -0.2) is 51.2 Å². The van der Waals surface area contributed by atoms with Crippen LogP contribution in [-0.2, 0) is 27.2 Å². The molecule has 2 aromatic carbocycles. The predicted molar refractivity (Wildman–Crippen MR) is 119 cm³/mol. The molecule has 0 aliphatic carbocycles. The molecule has 0 saturated heterocycles. The van der Waals surface area contributed by atoms with E-state index < -0.39 is 0 Å². The van der Waals surface area contributed by atoms with Crippen LogP contribution >= 0.6 is 0 Å². The van der Waals surface area contributed by atoms with Crippen molar-refractivity contribution in [2.45, 2.75) is 32.2 Å². The molecule has 1 amide bonds. The van der Waals surface area contributed by atoms with Crippen molar-refractivity contribution in [1.29, 1.82) is 0 Å². The van der Waals surface area contributed by atoms with Crippen LogP contribution in [0.1, 0.15) is 36.1 Å². The molecule has 2 aromatic rings. The third-order valence-electron chi connectivity index (χ3n) is 5.69. The van der Waals surface area contributed by atoms with Gasteiger partial charge in [0.05, 0.1) is 34.3 Å². The number of hydrogen-bond donors (Lipinski definition) is 1. The van der Waals surface area contributed by atoms with Crippen molar-refractivity contribution in [3.05, 3.63) is 53.1 Å². The molecule has 0 fully saturated rings. The first-order valence-electron chi connectivity index (χ1n) is 10.4. The van der Waals surface area contributed by atoms with Gasteiger partial charge in [0.1, 0.15) is 0 Å². The van der Waals surface area contributed by atoms with Gasteiger partial charge in [-0.1, -0.05) is 19.1 Å². The summed E-state index contributed by atoms with van der Waals surface area (Å²) >= 11 is 0. The van der Waals surface area contributed by atoms with E-state index in [1.54, 1.807) is 14.2 Å². The van der Waals surface area contributed by atoms with Crippen molar-refractivity contribution in [1.82, 2.24) is 4.90 Å². The molecule has 3 rings (SSSR count). The Kier molecular flexibility index (Phi) is 7.52. The number of carbonyl (C=O) groups is 2. The predicted octanol–water partition coefficient (Wildman–Crippen LogP) is 3.37. The largest absolute Gasteiger partial charge is 0.493 e. The molecule has 7 heteroatoms. The van der Waals surface area contributed by atoms with Crippen molar-refractivity contribution in [2.75, 3.05) is 39.7 Å². The third-order valence-corrected chi connectivity index (χ3v) is 5.69. The topological polar surface area (TPSA) is 77.1 Å². The van der Waals surface area contributed by atoms with Crippen molar-refractivity contribution < 1.29 is 23.8 Å². The van der Waals surface area contributed by atoms with E-state index in [4.69, 9.17) is 14.2 Å². The van der Waals surface area contributed by atoms with E-state index in [2.05, 4.69) is 12.2 Å². The molecule has 0 aromatic heterocycles. The van der Waals surface area contributed by atoms with Crippen molar-refractivity contribution in [2.24, 2.45) is 0 Å². The molecule has 1 aliphatic heterocycles. The van der Waals surface area contributed by atoms with Gasteiger partial charge in [0.15, 0.2) is 11.5 Å². The lowest BCUT2D eigenvalue weighted by molar-refractivity contribution is -0.142. The van der Waals surface area contributed by atoms with E-state index in [9.17, 15) is 9.59 Å². The molecule has 1 atom stereocenters. The van der Waals surface area contributed by atoms with Crippen LogP contribution in [0.2, 0.25) is 0 Å². The number of fused-ring (bicyclic) bond motifs is 1. The van der Waals surface area contributed by atoms with Gasteiger partial charge in [0, 0.05) is 18.3 Å². The quantitative estimate of drug-likeness (QED) is 0.653. The average molecular weight is 427 g/mol. The standard InChI is InChI=1S/C24H30N2O5/c1-5-16-6-8-18(9-7-16)25-23(27)15-26-11-10-17-12-21(29-2)22(30-3)13-19(17)20(26)14-24(28)31-4/h6-9,12-13,20H,5,10-11,14-15H2,1-4H3,(H,25,27)/t20-/m0/s1. The molecule has 0 spiro atoms. The van der Waals surface area contributed by atoms with Gasteiger partial charge in [-0.25, -0.2) is 0 Å². The number of anilines is 1. The number of benzene rings is 2. The van der Waals surface area contributed by atoms with Crippen LogP contribution in [0.4, 0.5) is 5.69 Å². The maximum absolute atomic E-state index is 12.8. The van der Waals surface area contributed by atoms with Gasteiger partial charge >= 0.3 is 5.97 Å². The minimum absolute atomic E-state index is 0.122. The lowest BCUT2D eigenvalue weighted by Crippen LogP contribution is -2.41. The molecule has 1 N–H and O–H groups in total. The second-order valence-electron chi connectivity index (χ2n) is 7.52. The number of nitrogens with zero attached hydrogens (tertiary/aromatic N) is 1. The molecule has 0 radical (unpaired) electrons. The molecule has 0 bridgehead atoms. The molecular weight excluding hydrogens is 396 g/mol. The molecule has 7 nitrogen and oxygen atoms in total. The molecule has 31 heavy (non-hydrogen) atoms. The number of hydrogen-bond acceptors (Lipinski definition) is 6. The van der Waals surface area contributed by atoms with Gasteiger partial charge in [-0.3, -0.25) is 14.5 Å². The highest BCUT2D eigenvalue weighted by atomic mass is 16.5. The summed E-state index contributed by atoms with van der Waals surface area (Å²) in [6.45, 7) is 2.91. The first kappa shape index (κ1) is 22.6. The summed E-state index contributed by atoms with van der Waals surface area (Å²) in [7, 11) is 4.55.